The van der Waals surface area contributed by atoms with Crippen LogP contribution in [0.1, 0.15) is 41.0 Å². The number of morpholine rings is 1. The van der Waals surface area contributed by atoms with Crippen LogP contribution >= 0.6 is 0 Å². The van der Waals surface area contributed by atoms with Gasteiger partial charge in [0.2, 0.25) is 5.91 Å². The largest absolute Gasteiger partial charge is 0.367 e. The van der Waals surface area contributed by atoms with Gasteiger partial charge in [-0.3, -0.25) is 15.1 Å². The zero-order valence-electron chi connectivity index (χ0n) is 11.5. The first-order valence-electron chi connectivity index (χ1n) is 6.09. The number of nitrogens with one attached hydrogen (secondary N) is 1. The standard InChI is InChI=1S/C12H25N3O2/c1-9(6-10(16)14-13)15-7-11(2,3)17-12(4,5)8-15/h9H,6-8,13H2,1-5H3,(H,14,16). The van der Waals surface area contributed by atoms with Gasteiger partial charge in [-0.2, -0.15) is 0 Å². The van der Waals surface area contributed by atoms with Gasteiger partial charge in [0.05, 0.1) is 11.2 Å². The summed E-state index contributed by atoms with van der Waals surface area (Å²) in [6.07, 6.45) is 0.419. The monoisotopic (exact) mass is 243 g/mol. The molecule has 0 bridgehead atoms. The van der Waals surface area contributed by atoms with Gasteiger partial charge >= 0.3 is 0 Å². The maximum atomic E-state index is 11.3. The van der Waals surface area contributed by atoms with Gasteiger partial charge in [-0.05, 0) is 34.6 Å². The Morgan fingerprint density at radius 3 is 2.24 bits per heavy atom. The molecule has 1 heterocycles. The van der Waals surface area contributed by atoms with Crippen LogP contribution in [-0.4, -0.2) is 41.1 Å². The first-order valence-corrected chi connectivity index (χ1v) is 6.09. The Morgan fingerprint density at radius 1 is 1.35 bits per heavy atom. The van der Waals surface area contributed by atoms with Crippen LogP contribution < -0.4 is 11.3 Å². The summed E-state index contributed by atoms with van der Waals surface area (Å²) in [6, 6.07) is 0.168. The van der Waals surface area contributed by atoms with Crippen LogP contribution in [0.2, 0.25) is 0 Å². The van der Waals surface area contributed by atoms with Crippen molar-refractivity contribution >= 4 is 5.91 Å². The second-order valence-electron chi connectivity index (χ2n) is 6.15. The SMILES string of the molecule is CC(CC(=O)NN)N1CC(C)(C)OC(C)(C)C1. The third kappa shape index (κ3) is 4.26. The number of hydrazine groups is 1. The van der Waals surface area contributed by atoms with E-state index in [1.807, 2.05) is 6.92 Å². The highest BCUT2D eigenvalue weighted by Crippen LogP contribution is 2.29. The van der Waals surface area contributed by atoms with Gasteiger partial charge in [-0.15, -0.1) is 0 Å². The van der Waals surface area contributed by atoms with Gasteiger partial charge < -0.3 is 4.74 Å². The lowest BCUT2D eigenvalue weighted by Crippen LogP contribution is -2.59. The predicted octanol–water partition coefficient (Wildman–Crippen LogP) is 0.644. The van der Waals surface area contributed by atoms with Crippen LogP contribution in [0.25, 0.3) is 0 Å². The second-order valence-corrected chi connectivity index (χ2v) is 6.15. The number of rotatable bonds is 3. The minimum Gasteiger partial charge on any atom is -0.367 e. The summed E-state index contributed by atoms with van der Waals surface area (Å²) in [4.78, 5) is 13.6. The molecule has 1 saturated heterocycles. The van der Waals surface area contributed by atoms with E-state index in [0.717, 1.165) is 13.1 Å². The molecule has 17 heavy (non-hydrogen) atoms. The topological polar surface area (TPSA) is 67.6 Å². The second kappa shape index (κ2) is 4.92. The summed E-state index contributed by atoms with van der Waals surface area (Å²) >= 11 is 0. The number of hydrogen-bond donors (Lipinski definition) is 2. The molecule has 1 aliphatic heterocycles. The number of amides is 1. The van der Waals surface area contributed by atoms with Crippen molar-refractivity contribution in [3.8, 4) is 0 Å². The first-order chi connectivity index (χ1) is 7.65. The molecule has 0 aromatic heterocycles. The van der Waals surface area contributed by atoms with Crippen LogP contribution in [-0.2, 0) is 9.53 Å². The molecule has 100 valence electrons. The molecule has 5 heteroatoms. The lowest BCUT2D eigenvalue weighted by Gasteiger charge is -2.49. The predicted molar refractivity (Wildman–Crippen MR) is 67.2 cm³/mol. The van der Waals surface area contributed by atoms with Gasteiger partial charge in [0.25, 0.3) is 0 Å². The minimum atomic E-state index is -0.185. The molecule has 0 saturated carbocycles. The average Bonchev–Trinajstić information content (AvgIpc) is 2.12. The number of carbonyl (C=O) groups excluding carboxylic acids is 1. The third-order valence-corrected chi connectivity index (χ3v) is 2.99. The average molecular weight is 243 g/mol. The van der Waals surface area contributed by atoms with E-state index in [1.54, 1.807) is 0 Å². The molecule has 1 atom stereocenters. The molecule has 1 unspecified atom stereocenters. The number of nitrogens with two attached hydrogens (primary N) is 1. The summed E-state index contributed by atoms with van der Waals surface area (Å²) in [5, 5.41) is 0. The normalized spacial score (nSPS) is 25.3. The van der Waals surface area contributed by atoms with Crippen LogP contribution in [0.3, 0.4) is 0 Å². The molecule has 1 fully saturated rings. The Hall–Kier alpha value is -0.650. The highest BCUT2D eigenvalue weighted by Gasteiger charge is 2.39. The highest BCUT2D eigenvalue weighted by atomic mass is 16.5. The minimum absolute atomic E-state index is 0.125. The van der Waals surface area contributed by atoms with E-state index in [2.05, 4.69) is 38.0 Å². The smallest absolute Gasteiger partial charge is 0.235 e. The van der Waals surface area contributed by atoms with E-state index in [9.17, 15) is 4.79 Å². The summed E-state index contributed by atoms with van der Waals surface area (Å²) in [6.45, 7) is 12.0. The molecule has 5 nitrogen and oxygen atoms in total. The highest BCUT2D eigenvalue weighted by molar-refractivity contribution is 5.75. The van der Waals surface area contributed by atoms with Gasteiger partial charge in [0.1, 0.15) is 0 Å². The summed E-state index contributed by atoms with van der Waals surface area (Å²) in [7, 11) is 0. The number of ether oxygens (including phenoxy) is 1. The summed E-state index contributed by atoms with van der Waals surface area (Å²) in [5.74, 6) is 4.99. The van der Waals surface area contributed by atoms with Crippen molar-refractivity contribution in [1.29, 1.82) is 0 Å². The fourth-order valence-electron chi connectivity index (χ4n) is 2.61. The Morgan fingerprint density at radius 2 is 1.82 bits per heavy atom. The van der Waals surface area contributed by atoms with Crippen molar-refractivity contribution in [2.24, 2.45) is 5.84 Å². The molecule has 0 aromatic carbocycles. The molecule has 1 amide bonds. The molecular weight excluding hydrogens is 218 g/mol. The molecule has 0 radical (unpaired) electrons. The van der Waals surface area contributed by atoms with Crippen molar-refractivity contribution in [2.45, 2.75) is 58.3 Å². The summed E-state index contributed by atoms with van der Waals surface area (Å²) < 4.78 is 6.01. The molecule has 1 aliphatic rings. The fraction of sp³-hybridized carbons (Fsp3) is 0.917. The van der Waals surface area contributed by atoms with Gasteiger partial charge in [-0.1, -0.05) is 0 Å². The van der Waals surface area contributed by atoms with Crippen molar-refractivity contribution in [3.05, 3.63) is 0 Å². The number of carbonyl (C=O) groups is 1. The van der Waals surface area contributed by atoms with Crippen molar-refractivity contribution in [1.82, 2.24) is 10.3 Å². The molecule has 0 aromatic rings. The van der Waals surface area contributed by atoms with Crippen molar-refractivity contribution in [2.75, 3.05) is 13.1 Å². The van der Waals surface area contributed by atoms with Crippen LogP contribution in [0, 0.1) is 0 Å². The Balaban J connectivity index is 2.67. The third-order valence-electron chi connectivity index (χ3n) is 2.99. The lowest BCUT2D eigenvalue weighted by atomic mass is 9.97. The zero-order chi connectivity index (χ0) is 13.3. The van der Waals surface area contributed by atoms with Crippen LogP contribution in [0.15, 0.2) is 0 Å². The van der Waals surface area contributed by atoms with Crippen molar-refractivity contribution in [3.63, 3.8) is 0 Å². The van der Waals surface area contributed by atoms with E-state index >= 15 is 0 Å². The zero-order valence-corrected chi connectivity index (χ0v) is 11.5. The van der Waals surface area contributed by atoms with Gasteiger partial charge in [0.15, 0.2) is 0 Å². The number of hydrogen-bond acceptors (Lipinski definition) is 4. The van der Waals surface area contributed by atoms with Crippen molar-refractivity contribution < 1.29 is 9.53 Å². The Bertz CT molecular complexity index is 273. The molecule has 0 aliphatic carbocycles. The Labute approximate surface area is 104 Å². The molecule has 3 N–H and O–H groups in total. The van der Waals surface area contributed by atoms with Gasteiger partial charge in [-0.25, -0.2) is 5.84 Å². The van der Waals surface area contributed by atoms with Crippen LogP contribution in [0.4, 0.5) is 0 Å². The quantitative estimate of drug-likeness (QED) is 0.434. The molecule has 0 spiro atoms. The van der Waals surface area contributed by atoms with E-state index < -0.39 is 0 Å². The lowest BCUT2D eigenvalue weighted by molar-refractivity contribution is -0.187. The number of nitrogens with zero attached hydrogens (tertiary/aromatic N) is 1. The first kappa shape index (κ1) is 14.4. The van der Waals surface area contributed by atoms with Gasteiger partial charge in [0, 0.05) is 25.6 Å². The molecule has 1 rings (SSSR count). The summed E-state index contributed by atoms with van der Waals surface area (Å²) in [5.41, 5.74) is 1.81. The van der Waals surface area contributed by atoms with E-state index in [-0.39, 0.29) is 23.2 Å². The van der Waals surface area contributed by atoms with E-state index in [1.165, 1.54) is 0 Å². The van der Waals surface area contributed by atoms with Crippen LogP contribution in [0.5, 0.6) is 0 Å². The maximum Gasteiger partial charge on any atom is 0.235 e. The Kier molecular flexibility index (Phi) is 4.17. The van der Waals surface area contributed by atoms with E-state index in [4.69, 9.17) is 10.6 Å². The van der Waals surface area contributed by atoms with E-state index in [0.29, 0.717) is 6.42 Å². The fourth-order valence-corrected chi connectivity index (χ4v) is 2.61. The maximum absolute atomic E-state index is 11.3. The molecular formula is C12H25N3O2.